The lowest BCUT2D eigenvalue weighted by atomic mass is 10.0. The topological polar surface area (TPSA) is 72.9 Å². The molecule has 0 spiro atoms. The Balaban J connectivity index is 1.62. The van der Waals surface area contributed by atoms with Crippen LogP contribution in [0.15, 0.2) is 89.8 Å². The molecule has 0 atom stereocenters. The van der Waals surface area contributed by atoms with Crippen molar-refractivity contribution in [3.05, 3.63) is 102 Å². The van der Waals surface area contributed by atoms with Crippen LogP contribution in [0.1, 0.15) is 29.8 Å². The van der Waals surface area contributed by atoms with Crippen LogP contribution >= 0.6 is 0 Å². The maximum absolute atomic E-state index is 13.5. The van der Waals surface area contributed by atoms with Crippen LogP contribution in [0.5, 0.6) is 11.5 Å². The first-order chi connectivity index (χ1) is 17.7. The van der Waals surface area contributed by atoms with Gasteiger partial charge in [-0.1, -0.05) is 50.2 Å². The number of carbonyl (C=O) groups is 1. The summed E-state index contributed by atoms with van der Waals surface area (Å²) in [6, 6.07) is 22.7. The zero-order chi connectivity index (χ0) is 26.6. The number of rotatable bonds is 9. The van der Waals surface area contributed by atoms with Crippen molar-refractivity contribution in [2.24, 2.45) is 5.92 Å². The number of ether oxygens (including phenoxy) is 1. The molecule has 0 saturated carbocycles. The van der Waals surface area contributed by atoms with Crippen LogP contribution in [0.2, 0.25) is 0 Å². The van der Waals surface area contributed by atoms with E-state index < -0.39 is 15.9 Å². The number of fused-ring (bicyclic) bond motifs is 1. The second-order valence-electron chi connectivity index (χ2n) is 9.12. The van der Waals surface area contributed by atoms with Gasteiger partial charge in [0.2, 0.25) is 0 Å². The summed E-state index contributed by atoms with van der Waals surface area (Å²) >= 11 is 0. The second-order valence-corrected chi connectivity index (χ2v) is 10.7. The second kappa shape index (κ2) is 11.0. The molecule has 6 nitrogen and oxygen atoms in total. The Morgan fingerprint density at radius 1 is 0.892 bits per heavy atom. The monoisotopic (exact) mass is 521 g/mol. The fourth-order valence-electron chi connectivity index (χ4n) is 4.04. The van der Waals surface area contributed by atoms with Crippen LogP contribution in [0, 0.1) is 11.7 Å². The van der Waals surface area contributed by atoms with E-state index in [1.54, 1.807) is 23.1 Å². The highest BCUT2D eigenvalue weighted by Gasteiger charge is 2.22. The van der Waals surface area contributed by atoms with Crippen molar-refractivity contribution < 1.29 is 26.5 Å². The van der Waals surface area contributed by atoms with E-state index in [-0.39, 0.29) is 34.8 Å². The van der Waals surface area contributed by atoms with Gasteiger partial charge in [-0.05, 0) is 70.8 Å². The first-order valence-corrected chi connectivity index (χ1v) is 13.2. The fourth-order valence-corrected chi connectivity index (χ4v) is 4.97. The minimum Gasteiger partial charge on any atom is -0.493 e. The molecule has 0 bridgehead atoms. The number of hydrogen-bond donors (Lipinski definition) is 0. The molecule has 4 rings (SSSR count). The van der Waals surface area contributed by atoms with Gasteiger partial charge >= 0.3 is 10.1 Å². The Labute approximate surface area is 216 Å². The van der Waals surface area contributed by atoms with E-state index in [1.807, 2.05) is 56.3 Å². The Morgan fingerprint density at radius 2 is 1.59 bits per heavy atom. The highest BCUT2D eigenvalue weighted by Crippen LogP contribution is 2.32. The molecule has 0 saturated heterocycles. The molecule has 0 aliphatic heterocycles. The average Bonchev–Trinajstić information content (AvgIpc) is 2.87. The number of nitrogens with zero attached hydrogens (tertiary/aromatic N) is 1. The Morgan fingerprint density at radius 3 is 2.27 bits per heavy atom. The smallest absolute Gasteiger partial charge is 0.339 e. The van der Waals surface area contributed by atoms with Gasteiger partial charge in [0.05, 0.1) is 7.11 Å². The van der Waals surface area contributed by atoms with Crippen LogP contribution < -0.4 is 8.92 Å². The number of hydrogen-bond acceptors (Lipinski definition) is 5. The molecule has 0 aliphatic rings. The molecule has 0 unspecified atom stereocenters. The molecule has 1 amide bonds. The van der Waals surface area contributed by atoms with E-state index in [1.165, 1.54) is 7.11 Å². The van der Waals surface area contributed by atoms with Crippen LogP contribution in [0.25, 0.3) is 10.8 Å². The van der Waals surface area contributed by atoms with Crippen molar-refractivity contribution in [3.8, 4) is 11.5 Å². The third-order valence-corrected chi connectivity index (χ3v) is 7.02. The lowest BCUT2D eigenvalue weighted by Crippen LogP contribution is -2.33. The van der Waals surface area contributed by atoms with Crippen LogP contribution in [0.4, 0.5) is 4.39 Å². The minimum absolute atomic E-state index is 0.0213. The summed E-state index contributed by atoms with van der Waals surface area (Å²) in [6.45, 7) is 4.79. The summed E-state index contributed by atoms with van der Waals surface area (Å²) in [7, 11) is -2.83. The number of carbonyl (C=O) groups excluding carboxylic acids is 1. The van der Waals surface area contributed by atoms with Gasteiger partial charge in [-0.3, -0.25) is 4.79 Å². The van der Waals surface area contributed by atoms with Gasteiger partial charge in [-0.2, -0.15) is 8.42 Å². The molecule has 0 N–H and O–H groups in total. The van der Waals surface area contributed by atoms with Gasteiger partial charge in [-0.25, -0.2) is 4.39 Å². The molecular formula is C29H28FNO5S. The largest absolute Gasteiger partial charge is 0.493 e. The van der Waals surface area contributed by atoms with Crippen molar-refractivity contribution in [1.29, 1.82) is 0 Å². The number of methoxy groups -OCH3 is 1. The minimum atomic E-state index is -4.23. The highest BCUT2D eigenvalue weighted by molar-refractivity contribution is 7.87. The van der Waals surface area contributed by atoms with E-state index in [4.69, 9.17) is 8.92 Å². The molecule has 192 valence electrons. The lowest BCUT2D eigenvalue weighted by Gasteiger charge is -2.25. The molecule has 0 fully saturated rings. The summed E-state index contributed by atoms with van der Waals surface area (Å²) in [6.07, 6.45) is 0. The van der Waals surface area contributed by atoms with Gasteiger partial charge in [-0.15, -0.1) is 0 Å². The van der Waals surface area contributed by atoms with Gasteiger partial charge in [0.15, 0.2) is 11.5 Å². The first kappa shape index (κ1) is 26.2. The number of amides is 1. The van der Waals surface area contributed by atoms with Gasteiger partial charge < -0.3 is 13.8 Å². The third kappa shape index (κ3) is 6.27. The molecule has 0 aromatic heterocycles. The summed E-state index contributed by atoms with van der Waals surface area (Å²) in [5, 5.41) is 2.03. The Kier molecular flexibility index (Phi) is 7.78. The van der Waals surface area contributed by atoms with Gasteiger partial charge in [0, 0.05) is 18.7 Å². The van der Waals surface area contributed by atoms with E-state index in [9.17, 15) is 17.6 Å². The van der Waals surface area contributed by atoms with Crippen molar-refractivity contribution in [3.63, 3.8) is 0 Å². The summed E-state index contributed by atoms with van der Waals surface area (Å²) in [5.74, 6) is -0.286. The first-order valence-electron chi connectivity index (χ1n) is 11.8. The van der Waals surface area contributed by atoms with E-state index in [2.05, 4.69) is 0 Å². The van der Waals surface area contributed by atoms with Crippen LogP contribution in [0.3, 0.4) is 0 Å². The SMILES string of the molecule is COc1ccc(CN(CC(C)C)C(=O)c2ccc3ccccc3c2)cc1OS(=O)(=O)c1ccc(F)cc1. The Bertz CT molecular complexity index is 1520. The zero-order valence-corrected chi connectivity index (χ0v) is 21.7. The van der Waals surface area contributed by atoms with E-state index in [0.29, 0.717) is 17.7 Å². The molecule has 0 heterocycles. The molecule has 0 radical (unpaired) electrons. The molecule has 4 aromatic rings. The zero-order valence-electron chi connectivity index (χ0n) is 20.8. The number of benzene rings is 4. The van der Waals surface area contributed by atoms with Crippen LogP contribution in [-0.2, 0) is 16.7 Å². The normalized spacial score (nSPS) is 11.5. The predicted octanol–water partition coefficient (Wildman–Crippen LogP) is 6.05. The van der Waals surface area contributed by atoms with Gasteiger partial charge in [0.1, 0.15) is 10.7 Å². The maximum Gasteiger partial charge on any atom is 0.339 e. The predicted molar refractivity (Wildman–Crippen MR) is 141 cm³/mol. The number of halogens is 1. The molecule has 8 heteroatoms. The van der Waals surface area contributed by atoms with Crippen LogP contribution in [-0.4, -0.2) is 32.9 Å². The Hall–Kier alpha value is -3.91. The molecule has 0 aliphatic carbocycles. The van der Waals surface area contributed by atoms with Crippen molar-refractivity contribution in [2.45, 2.75) is 25.3 Å². The van der Waals surface area contributed by atoms with Crippen molar-refractivity contribution in [2.75, 3.05) is 13.7 Å². The van der Waals surface area contributed by atoms with E-state index >= 15 is 0 Å². The molecule has 4 aromatic carbocycles. The molecule has 37 heavy (non-hydrogen) atoms. The maximum atomic E-state index is 13.5. The average molecular weight is 522 g/mol. The summed E-state index contributed by atoms with van der Waals surface area (Å²) in [4.78, 5) is 15.1. The fraction of sp³-hybridized carbons (Fsp3) is 0.207. The highest BCUT2D eigenvalue weighted by atomic mass is 32.2. The van der Waals surface area contributed by atoms with Crippen molar-refractivity contribution >= 4 is 26.8 Å². The van der Waals surface area contributed by atoms with E-state index in [0.717, 1.165) is 35.0 Å². The summed E-state index contributed by atoms with van der Waals surface area (Å²) in [5.41, 5.74) is 1.24. The lowest BCUT2D eigenvalue weighted by molar-refractivity contribution is 0.0722. The third-order valence-electron chi connectivity index (χ3n) is 5.77. The van der Waals surface area contributed by atoms with Crippen molar-refractivity contribution in [1.82, 2.24) is 4.90 Å². The van der Waals surface area contributed by atoms with Gasteiger partial charge in [0.25, 0.3) is 5.91 Å². The molecular weight excluding hydrogens is 493 g/mol. The summed E-state index contributed by atoms with van der Waals surface area (Å²) < 4.78 is 49.5. The quantitative estimate of drug-likeness (QED) is 0.251. The standard InChI is InChI=1S/C29H28FNO5S/c1-20(2)18-31(29(32)24-10-9-22-6-4-5-7-23(22)17-24)19-21-8-15-27(35-3)28(16-21)36-37(33,34)26-13-11-25(30)12-14-26/h4-17,20H,18-19H2,1-3H3.